The molecule has 0 saturated carbocycles. The molecule has 2 aromatic carbocycles. The Balaban J connectivity index is 0.000000207. The van der Waals surface area contributed by atoms with Crippen LogP contribution in [0.4, 0.5) is 24.9 Å². The van der Waals surface area contributed by atoms with Gasteiger partial charge < -0.3 is 11.5 Å². The lowest BCUT2D eigenvalue weighted by atomic mass is 10.1. The highest BCUT2D eigenvalue weighted by atomic mass is 19.4. The highest BCUT2D eigenvalue weighted by molar-refractivity contribution is 5.85. The van der Waals surface area contributed by atoms with Crippen LogP contribution in [-0.4, -0.2) is 14.5 Å². The molecule has 0 aliphatic carbocycles. The van der Waals surface area contributed by atoms with Crippen molar-refractivity contribution in [3.8, 4) is 5.69 Å². The zero-order chi connectivity index (χ0) is 23.5. The van der Waals surface area contributed by atoms with Gasteiger partial charge in [0.05, 0.1) is 5.39 Å². The van der Waals surface area contributed by atoms with Crippen molar-refractivity contribution in [1.29, 1.82) is 0 Å². The van der Waals surface area contributed by atoms with Crippen LogP contribution >= 0.6 is 0 Å². The number of pyridine rings is 1. The first kappa shape index (κ1) is 22.8. The van der Waals surface area contributed by atoms with Gasteiger partial charge in [0.15, 0.2) is 0 Å². The molecule has 32 heavy (non-hydrogen) atoms. The van der Waals surface area contributed by atoms with Crippen molar-refractivity contribution in [3.63, 3.8) is 0 Å². The molecule has 166 valence electrons. The van der Waals surface area contributed by atoms with Crippen molar-refractivity contribution in [2.45, 2.75) is 26.4 Å². The first-order valence-corrected chi connectivity index (χ1v) is 9.78. The van der Waals surface area contributed by atoms with Gasteiger partial charge in [-0.3, -0.25) is 9.36 Å². The zero-order valence-electron chi connectivity index (χ0n) is 17.5. The average Bonchev–Trinajstić information content (AvgIpc) is 2.73. The lowest BCUT2D eigenvalue weighted by molar-refractivity contribution is -0.137. The van der Waals surface area contributed by atoms with E-state index in [2.05, 4.69) is 23.0 Å². The summed E-state index contributed by atoms with van der Waals surface area (Å²) in [6.45, 7) is 4.07. The van der Waals surface area contributed by atoms with E-state index in [-0.39, 0.29) is 11.5 Å². The summed E-state index contributed by atoms with van der Waals surface area (Å²) >= 11 is 0. The summed E-state index contributed by atoms with van der Waals surface area (Å²) < 4.78 is 37.8. The number of benzene rings is 2. The number of halogens is 3. The summed E-state index contributed by atoms with van der Waals surface area (Å²) in [5.74, 6) is -0.935. The SMILES string of the molecule is CCc1cc2cccc(C)c2c(=O)n1-c1ccccc1.Nc1ncc(C(F)(F)F)c(N)n1. The number of hydrogen-bond acceptors (Lipinski definition) is 5. The quantitative estimate of drug-likeness (QED) is 0.476. The number of nitrogens with zero attached hydrogens (tertiary/aromatic N) is 3. The number of nitrogens with two attached hydrogens (primary N) is 2. The molecule has 4 aromatic rings. The van der Waals surface area contributed by atoms with Gasteiger partial charge in [0.25, 0.3) is 5.56 Å². The van der Waals surface area contributed by atoms with Crippen LogP contribution in [0.2, 0.25) is 0 Å². The molecule has 0 atom stereocenters. The van der Waals surface area contributed by atoms with Crippen molar-refractivity contribution in [1.82, 2.24) is 14.5 Å². The van der Waals surface area contributed by atoms with Crippen molar-refractivity contribution >= 4 is 22.5 Å². The second-order valence-electron chi connectivity index (χ2n) is 7.03. The Morgan fingerprint density at radius 3 is 2.31 bits per heavy atom. The van der Waals surface area contributed by atoms with Gasteiger partial charge in [0, 0.05) is 17.6 Å². The zero-order valence-corrected chi connectivity index (χ0v) is 17.5. The number of fused-ring (bicyclic) bond motifs is 1. The van der Waals surface area contributed by atoms with Gasteiger partial charge in [0.1, 0.15) is 11.4 Å². The fraction of sp³-hybridized carbons (Fsp3) is 0.174. The highest BCUT2D eigenvalue weighted by Gasteiger charge is 2.34. The van der Waals surface area contributed by atoms with Gasteiger partial charge in [-0.1, -0.05) is 43.3 Å². The average molecular weight is 441 g/mol. The van der Waals surface area contributed by atoms with Crippen LogP contribution in [-0.2, 0) is 12.6 Å². The molecule has 0 radical (unpaired) electrons. The van der Waals surface area contributed by atoms with Crippen LogP contribution in [0.15, 0.2) is 65.6 Å². The van der Waals surface area contributed by atoms with Crippen LogP contribution in [0, 0.1) is 6.92 Å². The van der Waals surface area contributed by atoms with Crippen LogP contribution in [0.5, 0.6) is 0 Å². The van der Waals surface area contributed by atoms with Crippen molar-refractivity contribution in [2.75, 3.05) is 11.5 Å². The minimum absolute atomic E-state index is 0.0728. The number of aromatic nitrogens is 3. The second-order valence-corrected chi connectivity index (χ2v) is 7.03. The molecule has 6 nitrogen and oxygen atoms in total. The number of rotatable bonds is 2. The Morgan fingerprint density at radius 1 is 1.03 bits per heavy atom. The molecule has 0 fully saturated rings. The molecule has 2 aromatic heterocycles. The predicted octanol–water partition coefficient (Wildman–Crippen LogP) is 4.52. The fourth-order valence-corrected chi connectivity index (χ4v) is 3.34. The third-order valence-corrected chi connectivity index (χ3v) is 4.85. The second kappa shape index (κ2) is 9.09. The van der Waals surface area contributed by atoms with E-state index in [0.717, 1.165) is 34.1 Å². The first-order valence-electron chi connectivity index (χ1n) is 9.78. The molecular formula is C23H22F3N5O. The van der Waals surface area contributed by atoms with Crippen molar-refractivity contribution < 1.29 is 13.2 Å². The Labute approximate surface area is 182 Å². The van der Waals surface area contributed by atoms with Crippen LogP contribution in [0.3, 0.4) is 0 Å². The van der Waals surface area contributed by atoms with Crippen molar-refractivity contribution in [2.24, 2.45) is 0 Å². The summed E-state index contributed by atoms with van der Waals surface area (Å²) in [5.41, 5.74) is 12.0. The fourth-order valence-electron chi connectivity index (χ4n) is 3.34. The number of aryl methyl sites for hydroxylation is 2. The van der Waals surface area contributed by atoms with Gasteiger partial charge in [0.2, 0.25) is 5.95 Å². The molecule has 0 spiro atoms. The number of para-hydroxylation sites is 1. The van der Waals surface area contributed by atoms with Gasteiger partial charge in [-0.2, -0.15) is 18.2 Å². The molecule has 0 aliphatic heterocycles. The Bertz CT molecular complexity index is 1300. The Kier molecular flexibility index (Phi) is 6.47. The summed E-state index contributed by atoms with van der Waals surface area (Å²) in [6.07, 6.45) is -3.15. The van der Waals surface area contributed by atoms with Gasteiger partial charge >= 0.3 is 6.18 Å². The smallest absolute Gasteiger partial charge is 0.383 e. The predicted molar refractivity (Wildman–Crippen MR) is 120 cm³/mol. The maximum absolute atomic E-state index is 12.9. The third-order valence-electron chi connectivity index (χ3n) is 4.85. The molecule has 0 amide bonds. The third kappa shape index (κ3) is 4.72. The summed E-state index contributed by atoms with van der Waals surface area (Å²) in [6, 6.07) is 18.0. The summed E-state index contributed by atoms with van der Waals surface area (Å²) in [7, 11) is 0. The maximum Gasteiger partial charge on any atom is 0.421 e. The van der Waals surface area contributed by atoms with E-state index in [1.165, 1.54) is 0 Å². The maximum atomic E-state index is 12.9. The van der Waals surface area contributed by atoms with Crippen LogP contribution in [0.1, 0.15) is 23.7 Å². The number of nitrogen functional groups attached to an aromatic ring is 2. The molecule has 0 bridgehead atoms. The van der Waals surface area contributed by atoms with Crippen LogP contribution in [0.25, 0.3) is 16.5 Å². The largest absolute Gasteiger partial charge is 0.421 e. The van der Waals surface area contributed by atoms with E-state index in [0.29, 0.717) is 6.20 Å². The Morgan fingerprint density at radius 2 is 1.72 bits per heavy atom. The topological polar surface area (TPSA) is 99.8 Å². The van der Waals surface area contributed by atoms with E-state index < -0.39 is 17.6 Å². The van der Waals surface area contributed by atoms with E-state index in [4.69, 9.17) is 11.5 Å². The molecule has 0 aliphatic rings. The van der Waals surface area contributed by atoms with Crippen LogP contribution < -0.4 is 17.0 Å². The molecule has 4 rings (SSSR count). The standard InChI is InChI=1S/C18H17NO.C5H5F3N4/c1-3-15-12-14-9-7-8-13(2)17(14)18(20)19(15)16-10-5-4-6-11-16;6-5(7,8)2-1-11-4(10)12-3(2)9/h4-12H,3H2,1-2H3;1H,(H4,9,10,11,12). The molecule has 9 heteroatoms. The number of alkyl halides is 3. The number of anilines is 2. The van der Waals surface area contributed by atoms with Gasteiger partial charge in [-0.15, -0.1) is 0 Å². The summed E-state index contributed by atoms with van der Waals surface area (Å²) in [5, 5.41) is 1.84. The van der Waals surface area contributed by atoms with E-state index in [1.807, 2.05) is 60.0 Å². The van der Waals surface area contributed by atoms with Crippen molar-refractivity contribution in [3.05, 3.63) is 88.0 Å². The minimum atomic E-state index is -4.53. The van der Waals surface area contributed by atoms with E-state index >= 15 is 0 Å². The molecular weight excluding hydrogens is 419 g/mol. The normalized spacial score (nSPS) is 11.2. The summed E-state index contributed by atoms with van der Waals surface area (Å²) in [4.78, 5) is 19.2. The first-order chi connectivity index (χ1) is 15.1. The van der Waals surface area contributed by atoms with Gasteiger partial charge in [-0.05, 0) is 42.5 Å². The Hall–Kier alpha value is -3.88. The lowest BCUT2D eigenvalue weighted by Gasteiger charge is -2.14. The lowest BCUT2D eigenvalue weighted by Crippen LogP contribution is -2.22. The molecule has 0 unspecified atom stereocenters. The van der Waals surface area contributed by atoms with E-state index in [9.17, 15) is 18.0 Å². The molecule has 0 saturated heterocycles. The highest BCUT2D eigenvalue weighted by Crippen LogP contribution is 2.31. The van der Waals surface area contributed by atoms with E-state index in [1.54, 1.807) is 0 Å². The van der Waals surface area contributed by atoms with Gasteiger partial charge in [-0.25, -0.2) is 4.98 Å². The minimum Gasteiger partial charge on any atom is -0.383 e. The molecule has 2 heterocycles. The number of hydrogen-bond donors (Lipinski definition) is 2. The molecule has 4 N–H and O–H groups in total. The monoisotopic (exact) mass is 441 g/mol.